The average Bonchev–Trinajstić information content (AvgIpc) is 2.79. The van der Waals surface area contributed by atoms with Crippen molar-refractivity contribution in [3.8, 4) is 0 Å². The summed E-state index contributed by atoms with van der Waals surface area (Å²) in [6.07, 6.45) is 7.48. The van der Waals surface area contributed by atoms with Crippen LogP contribution in [0.1, 0.15) is 44.1 Å². The van der Waals surface area contributed by atoms with Gasteiger partial charge in [-0.15, -0.1) is 0 Å². The maximum Gasteiger partial charge on any atom is 0.111 e. The van der Waals surface area contributed by atoms with Gasteiger partial charge in [0.15, 0.2) is 0 Å². The smallest absolute Gasteiger partial charge is 0.111 e. The van der Waals surface area contributed by atoms with E-state index in [0.717, 1.165) is 11.4 Å². The molecular weight excluding hydrogens is 224 g/mol. The van der Waals surface area contributed by atoms with Crippen LogP contribution < -0.4 is 5.73 Å². The van der Waals surface area contributed by atoms with Crippen LogP contribution in [0.15, 0.2) is 36.9 Å². The molecule has 0 saturated carbocycles. The Morgan fingerprint density at radius 1 is 1.22 bits per heavy atom. The molecule has 0 fully saturated rings. The van der Waals surface area contributed by atoms with E-state index in [1.54, 1.807) is 6.20 Å². The molecule has 0 aromatic carbocycles. The molecule has 0 aliphatic rings. The fourth-order valence-corrected chi connectivity index (χ4v) is 2.28. The Labute approximate surface area is 108 Å². The Bertz CT molecular complexity index is 488. The molecule has 0 saturated heterocycles. The van der Waals surface area contributed by atoms with Gasteiger partial charge in [0, 0.05) is 36.7 Å². The number of imidazole rings is 1. The first-order valence-corrected chi connectivity index (χ1v) is 6.29. The van der Waals surface area contributed by atoms with Gasteiger partial charge in [0.2, 0.25) is 0 Å². The van der Waals surface area contributed by atoms with Gasteiger partial charge in [-0.1, -0.05) is 19.9 Å². The molecule has 2 aromatic rings. The highest BCUT2D eigenvalue weighted by molar-refractivity contribution is 5.19. The molecule has 0 radical (unpaired) electrons. The van der Waals surface area contributed by atoms with Crippen LogP contribution >= 0.6 is 0 Å². The number of aromatic nitrogens is 3. The lowest BCUT2D eigenvalue weighted by Gasteiger charge is -2.25. The molecule has 96 valence electrons. The first-order valence-electron chi connectivity index (χ1n) is 6.29. The largest absolute Gasteiger partial charge is 0.326 e. The van der Waals surface area contributed by atoms with Crippen molar-refractivity contribution < 1.29 is 0 Å². The van der Waals surface area contributed by atoms with Gasteiger partial charge < -0.3 is 10.3 Å². The third kappa shape index (κ3) is 2.43. The summed E-state index contributed by atoms with van der Waals surface area (Å²) >= 11 is 0. The molecule has 18 heavy (non-hydrogen) atoms. The van der Waals surface area contributed by atoms with Crippen LogP contribution in [-0.2, 0) is 0 Å². The maximum atomic E-state index is 6.15. The standard InChI is InChI=1S/C14H20N4/c1-10(2)14-17-7-8-18(14)13(11(3)15)12-5-4-6-16-9-12/h4-11,13H,15H2,1-3H3. The van der Waals surface area contributed by atoms with Crippen molar-refractivity contribution in [1.29, 1.82) is 0 Å². The third-order valence-electron chi connectivity index (χ3n) is 3.04. The molecule has 2 N–H and O–H groups in total. The van der Waals surface area contributed by atoms with Gasteiger partial charge in [0.1, 0.15) is 5.82 Å². The Hall–Kier alpha value is -1.68. The molecule has 2 aromatic heterocycles. The number of hydrogen-bond acceptors (Lipinski definition) is 3. The summed E-state index contributed by atoms with van der Waals surface area (Å²) in [4.78, 5) is 8.61. The highest BCUT2D eigenvalue weighted by atomic mass is 15.1. The van der Waals surface area contributed by atoms with E-state index in [2.05, 4.69) is 34.4 Å². The summed E-state index contributed by atoms with van der Waals surface area (Å²) in [6, 6.07) is 4.08. The molecule has 4 heteroatoms. The van der Waals surface area contributed by atoms with Gasteiger partial charge in [-0.3, -0.25) is 4.98 Å². The summed E-state index contributed by atoms with van der Waals surface area (Å²) in [5.41, 5.74) is 7.27. The van der Waals surface area contributed by atoms with E-state index >= 15 is 0 Å². The Morgan fingerprint density at radius 2 is 2.00 bits per heavy atom. The first-order chi connectivity index (χ1) is 8.61. The van der Waals surface area contributed by atoms with Gasteiger partial charge >= 0.3 is 0 Å². The van der Waals surface area contributed by atoms with Gasteiger partial charge in [0.25, 0.3) is 0 Å². The molecule has 2 unspecified atom stereocenters. The summed E-state index contributed by atoms with van der Waals surface area (Å²) < 4.78 is 2.16. The van der Waals surface area contributed by atoms with E-state index in [9.17, 15) is 0 Å². The molecule has 2 heterocycles. The molecule has 2 rings (SSSR count). The van der Waals surface area contributed by atoms with E-state index in [1.807, 2.05) is 31.6 Å². The number of rotatable bonds is 4. The quantitative estimate of drug-likeness (QED) is 0.898. The van der Waals surface area contributed by atoms with Crippen LogP contribution in [0.2, 0.25) is 0 Å². The Kier molecular flexibility index (Phi) is 3.77. The Morgan fingerprint density at radius 3 is 2.56 bits per heavy atom. The minimum Gasteiger partial charge on any atom is -0.326 e. The molecule has 0 bridgehead atoms. The topological polar surface area (TPSA) is 56.7 Å². The van der Waals surface area contributed by atoms with Crippen LogP contribution in [0, 0.1) is 0 Å². The molecule has 4 nitrogen and oxygen atoms in total. The Balaban J connectivity index is 2.46. The second kappa shape index (κ2) is 5.31. The van der Waals surface area contributed by atoms with E-state index in [-0.39, 0.29) is 12.1 Å². The van der Waals surface area contributed by atoms with Gasteiger partial charge in [-0.2, -0.15) is 0 Å². The van der Waals surface area contributed by atoms with Crippen LogP contribution in [0.4, 0.5) is 0 Å². The number of nitrogens with two attached hydrogens (primary N) is 1. The van der Waals surface area contributed by atoms with E-state index < -0.39 is 0 Å². The minimum atomic E-state index is 0.000833. The summed E-state index contributed by atoms with van der Waals surface area (Å²) in [6.45, 7) is 6.29. The van der Waals surface area contributed by atoms with E-state index in [0.29, 0.717) is 5.92 Å². The fraction of sp³-hybridized carbons (Fsp3) is 0.429. The zero-order valence-corrected chi connectivity index (χ0v) is 11.1. The number of hydrogen-bond donors (Lipinski definition) is 1. The summed E-state index contributed by atoms with van der Waals surface area (Å²) in [5.74, 6) is 1.43. The maximum absolute atomic E-state index is 6.15. The molecule has 0 aliphatic heterocycles. The van der Waals surface area contributed by atoms with Crippen molar-refractivity contribution >= 4 is 0 Å². The average molecular weight is 244 g/mol. The van der Waals surface area contributed by atoms with Crippen molar-refractivity contribution in [2.24, 2.45) is 5.73 Å². The molecule has 0 amide bonds. The number of pyridine rings is 1. The zero-order chi connectivity index (χ0) is 13.1. The van der Waals surface area contributed by atoms with Gasteiger partial charge in [-0.05, 0) is 18.6 Å². The minimum absolute atomic E-state index is 0.000833. The normalized spacial score (nSPS) is 14.7. The predicted molar refractivity (Wildman–Crippen MR) is 72.3 cm³/mol. The SMILES string of the molecule is CC(C)c1nccn1C(c1cccnc1)C(C)N. The van der Waals surface area contributed by atoms with Crippen molar-refractivity contribution in [2.75, 3.05) is 0 Å². The zero-order valence-electron chi connectivity index (χ0n) is 11.1. The molecular formula is C14H20N4. The second-order valence-electron chi connectivity index (χ2n) is 4.94. The van der Waals surface area contributed by atoms with Crippen molar-refractivity contribution in [2.45, 2.75) is 38.8 Å². The second-order valence-corrected chi connectivity index (χ2v) is 4.94. The summed E-state index contributed by atoms with van der Waals surface area (Å²) in [7, 11) is 0. The van der Waals surface area contributed by atoms with Crippen molar-refractivity contribution in [3.05, 3.63) is 48.3 Å². The third-order valence-corrected chi connectivity index (χ3v) is 3.04. The van der Waals surface area contributed by atoms with Crippen LogP contribution in [-0.4, -0.2) is 20.6 Å². The first kappa shape index (κ1) is 12.8. The lowest BCUT2D eigenvalue weighted by molar-refractivity contribution is 0.470. The predicted octanol–water partition coefficient (Wildman–Crippen LogP) is 2.34. The van der Waals surface area contributed by atoms with Crippen LogP contribution in [0.25, 0.3) is 0 Å². The monoisotopic (exact) mass is 244 g/mol. The van der Waals surface area contributed by atoms with Gasteiger partial charge in [0.05, 0.1) is 6.04 Å². The van der Waals surface area contributed by atoms with E-state index in [4.69, 9.17) is 5.73 Å². The fourth-order valence-electron chi connectivity index (χ4n) is 2.28. The summed E-state index contributed by atoms with van der Waals surface area (Å²) in [5, 5.41) is 0. The van der Waals surface area contributed by atoms with Crippen molar-refractivity contribution in [3.63, 3.8) is 0 Å². The van der Waals surface area contributed by atoms with E-state index in [1.165, 1.54) is 0 Å². The van der Waals surface area contributed by atoms with Gasteiger partial charge in [-0.25, -0.2) is 4.98 Å². The molecule has 2 atom stereocenters. The lowest BCUT2D eigenvalue weighted by atomic mass is 10.0. The molecule has 0 spiro atoms. The highest BCUT2D eigenvalue weighted by Crippen LogP contribution is 2.24. The highest BCUT2D eigenvalue weighted by Gasteiger charge is 2.21. The lowest BCUT2D eigenvalue weighted by Crippen LogP contribution is -2.31. The number of nitrogens with zero attached hydrogens (tertiary/aromatic N) is 3. The van der Waals surface area contributed by atoms with Crippen molar-refractivity contribution in [1.82, 2.24) is 14.5 Å². The van der Waals surface area contributed by atoms with Crippen LogP contribution in [0.5, 0.6) is 0 Å². The van der Waals surface area contributed by atoms with Crippen LogP contribution in [0.3, 0.4) is 0 Å². The molecule has 0 aliphatic carbocycles.